The molecule has 8 heteroatoms. The van der Waals surface area contributed by atoms with Crippen molar-refractivity contribution >= 4 is 15.8 Å². The molecule has 4 heterocycles. The molecule has 0 N–H and O–H groups in total. The van der Waals surface area contributed by atoms with Gasteiger partial charge >= 0.3 is 0 Å². The second-order valence-corrected chi connectivity index (χ2v) is 9.94. The Hall–Kier alpha value is -1.93. The van der Waals surface area contributed by atoms with Crippen molar-refractivity contribution in [1.82, 2.24) is 18.8 Å². The van der Waals surface area contributed by atoms with E-state index in [0.29, 0.717) is 36.3 Å². The number of piperidine rings is 1. The number of rotatable bonds is 4. The van der Waals surface area contributed by atoms with E-state index in [0.717, 1.165) is 43.7 Å². The summed E-state index contributed by atoms with van der Waals surface area (Å²) >= 11 is 0. The van der Waals surface area contributed by atoms with E-state index in [1.165, 1.54) is 5.69 Å². The molecule has 1 fully saturated rings. The SMILES string of the molecule is CC(C)c1nc2c(n1C)CCN(c1ncccc1S(=O)(=O)N1CCCCC1)C2. The van der Waals surface area contributed by atoms with Gasteiger partial charge in [0.2, 0.25) is 10.0 Å². The second kappa shape index (κ2) is 7.48. The number of nitrogens with zero attached hydrogens (tertiary/aromatic N) is 5. The van der Waals surface area contributed by atoms with E-state index in [4.69, 9.17) is 4.98 Å². The van der Waals surface area contributed by atoms with Crippen LogP contribution in [0.2, 0.25) is 0 Å². The number of pyridine rings is 1. The molecule has 0 aromatic carbocycles. The molecule has 0 spiro atoms. The maximum Gasteiger partial charge on any atom is 0.246 e. The largest absolute Gasteiger partial charge is 0.349 e. The Morgan fingerprint density at radius 2 is 1.86 bits per heavy atom. The average molecular weight is 404 g/mol. The third-order valence-electron chi connectivity index (χ3n) is 5.79. The Morgan fingerprint density at radius 1 is 1.11 bits per heavy atom. The van der Waals surface area contributed by atoms with E-state index < -0.39 is 10.0 Å². The number of sulfonamides is 1. The van der Waals surface area contributed by atoms with Crippen LogP contribution in [0.25, 0.3) is 0 Å². The van der Waals surface area contributed by atoms with Crippen LogP contribution in [0.4, 0.5) is 5.82 Å². The highest BCUT2D eigenvalue weighted by Crippen LogP contribution is 2.31. The van der Waals surface area contributed by atoms with Crippen molar-refractivity contribution in [2.75, 3.05) is 24.5 Å². The third-order valence-corrected chi connectivity index (χ3v) is 7.71. The Morgan fingerprint density at radius 3 is 2.57 bits per heavy atom. The summed E-state index contributed by atoms with van der Waals surface area (Å²) in [6, 6.07) is 3.41. The molecule has 0 unspecified atom stereocenters. The monoisotopic (exact) mass is 403 g/mol. The molecule has 0 amide bonds. The Kier molecular flexibility index (Phi) is 5.18. The van der Waals surface area contributed by atoms with Crippen LogP contribution in [0, 0.1) is 0 Å². The maximum absolute atomic E-state index is 13.3. The number of imidazole rings is 1. The fourth-order valence-corrected chi connectivity index (χ4v) is 5.99. The first kappa shape index (κ1) is 19.4. The molecule has 28 heavy (non-hydrogen) atoms. The Bertz CT molecular complexity index is 961. The lowest BCUT2D eigenvalue weighted by atomic mass is 10.1. The third kappa shape index (κ3) is 3.33. The molecule has 2 aromatic rings. The molecule has 152 valence electrons. The number of anilines is 1. The quantitative estimate of drug-likeness (QED) is 0.785. The van der Waals surface area contributed by atoms with Crippen LogP contribution < -0.4 is 4.90 Å². The van der Waals surface area contributed by atoms with Crippen LogP contribution in [0.5, 0.6) is 0 Å². The minimum Gasteiger partial charge on any atom is -0.349 e. The van der Waals surface area contributed by atoms with Gasteiger partial charge in [0.15, 0.2) is 0 Å². The van der Waals surface area contributed by atoms with Gasteiger partial charge < -0.3 is 9.47 Å². The standard InChI is InChI=1S/C20H29N5O2S/c1-15(2)19-22-16-14-24(13-9-17(16)23(19)3)20-18(8-7-10-21-20)28(26,27)25-11-5-4-6-12-25/h7-8,10,15H,4-6,9,11-14H2,1-3H3. The van der Waals surface area contributed by atoms with Gasteiger partial charge in [-0.15, -0.1) is 0 Å². The van der Waals surface area contributed by atoms with Crippen LogP contribution in [-0.4, -0.2) is 46.9 Å². The molecule has 0 aliphatic carbocycles. The first-order valence-electron chi connectivity index (χ1n) is 10.1. The summed E-state index contributed by atoms with van der Waals surface area (Å²) in [5.41, 5.74) is 2.28. The normalized spacial score (nSPS) is 18.5. The first-order valence-corrected chi connectivity index (χ1v) is 11.6. The predicted molar refractivity (Wildman–Crippen MR) is 109 cm³/mol. The van der Waals surface area contributed by atoms with Gasteiger partial charge in [0.05, 0.1) is 12.2 Å². The summed E-state index contributed by atoms with van der Waals surface area (Å²) < 4.78 is 30.4. The molecule has 0 atom stereocenters. The molecule has 0 bridgehead atoms. The van der Waals surface area contributed by atoms with Crippen molar-refractivity contribution in [3.8, 4) is 0 Å². The minimum absolute atomic E-state index is 0.320. The fourth-order valence-electron chi connectivity index (χ4n) is 4.31. The van der Waals surface area contributed by atoms with E-state index in [-0.39, 0.29) is 0 Å². The van der Waals surface area contributed by atoms with E-state index in [9.17, 15) is 8.42 Å². The first-order chi connectivity index (χ1) is 13.4. The second-order valence-electron chi connectivity index (χ2n) is 8.04. The van der Waals surface area contributed by atoms with Crippen LogP contribution in [0.1, 0.15) is 56.2 Å². The Labute approximate surface area is 167 Å². The van der Waals surface area contributed by atoms with Crippen molar-refractivity contribution < 1.29 is 8.42 Å². The summed E-state index contributed by atoms with van der Waals surface area (Å²) in [5, 5.41) is 0. The van der Waals surface area contributed by atoms with E-state index in [1.807, 2.05) is 0 Å². The molecular weight excluding hydrogens is 374 g/mol. The van der Waals surface area contributed by atoms with Crippen LogP contribution in [0.3, 0.4) is 0 Å². The molecule has 4 rings (SSSR count). The van der Waals surface area contributed by atoms with Crippen LogP contribution in [0.15, 0.2) is 23.2 Å². The highest BCUT2D eigenvalue weighted by molar-refractivity contribution is 7.89. The Balaban J connectivity index is 1.67. The number of hydrogen-bond donors (Lipinski definition) is 0. The lowest BCUT2D eigenvalue weighted by Gasteiger charge is -2.31. The van der Waals surface area contributed by atoms with Gasteiger partial charge in [0.1, 0.15) is 16.5 Å². The number of hydrogen-bond acceptors (Lipinski definition) is 5. The number of fused-ring (bicyclic) bond motifs is 1. The molecule has 2 aliphatic heterocycles. The van der Waals surface area contributed by atoms with Crippen LogP contribution >= 0.6 is 0 Å². The molecule has 0 radical (unpaired) electrons. The summed E-state index contributed by atoms with van der Waals surface area (Å²) in [7, 11) is -1.46. The van der Waals surface area contributed by atoms with Crippen molar-refractivity contribution in [3.63, 3.8) is 0 Å². The van der Waals surface area contributed by atoms with Crippen LogP contribution in [-0.2, 0) is 30.0 Å². The molecule has 2 aliphatic rings. The van der Waals surface area contributed by atoms with Gasteiger partial charge in [-0.1, -0.05) is 20.3 Å². The van der Waals surface area contributed by atoms with Gasteiger partial charge in [-0.2, -0.15) is 4.31 Å². The summed E-state index contributed by atoms with van der Waals surface area (Å²) in [5.74, 6) is 1.98. The van der Waals surface area contributed by atoms with E-state index in [2.05, 4.69) is 35.3 Å². The van der Waals surface area contributed by atoms with Gasteiger partial charge in [0, 0.05) is 50.9 Å². The fraction of sp³-hybridized carbons (Fsp3) is 0.600. The zero-order chi connectivity index (χ0) is 19.9. The smallest absolute Gasteiger partial charge is 0.246 e. The molecule has 7 nitrogen and oxygen atoms in total. The molecule has 1 saturated heterocycles. The average Bonchev–Trinajstić information content (AvgIpc) is 3.05. The highest BCUT2D eigenvalue weighted by atomic mass is 32.2. The van der Waals surface area contributed by atoms with Gasteiger partial charge in [-0.05, 0) is 25.0 Å². The van der Waals surface area contributed by atoms with Gasteiger partial charge in [-0.3, -0.25) is 0 Å². The topological polar surface area (TPSA) is 71.3 Å². The van der Waals surface area contributed by atoms with Crippen molar-refractivity contribution in [3.05, 3.63) is 35.5 Å². The summed E-state index contributed by atoms with van der Waals surface area (Å²) in [4.78, 5) is 11.7. The highest BCUT2D eigenvalue weighted by Gasteiger charge is 2.32. The molecule has 2 aromatic heterocycles. The zero-order valence-corrected chi connectivity index (χ0v) is 17.7. The summed E-state index contributed by atoms with van der Waals surface area (Å²) in [6.07, 6.45) is 5.46. The molecule has 0 saturated carbocycles. The van der Waals surface area contributed by atoms with Crippen molar-refractivity contribution in [2.45, 2.75) is 56.9 Å². The lowest BCUT2D eigenvalue weighted by molar-refractivity contribution is 0.346. The van der Waals surface area contributed by atoms with Crippen molar-refractivity contribution in [1.29, 1.82) is 0 Å². The van der Waals surface area contributed by atoms with Gasteiger partial charge in [0.25, 0.3) is 0 Å². The number of aromatic nitrogens is 3. The maximum atomic E-state index is 13.3. The zero-order valence-electron chi connectivity index (χ0n) is 16.9. The van der Waals surface area contributed by atoms with Gasteiger partial charge in [-0.25, -0.2) is 18.4 Å². The lowest BCUT2D eigenvalue weighted by Crippen LogP contribution is -2.38. The van der Waals surface area contributed by atoms with Crippen molar-refractivity contribution in [2.24, 2.45) is 7.05 Å². The van der Waals surface area contributed by atoms with E-state index in [1.54, 1.807) is 22.6 Å². The van der Waals surface area contributed by atoms with E-state index >= 15 is 0 Å². The molecular formula is C20H29N5O2S. The summed E-state index contributed by atoms with van der Waals surface area (Å²) in [6.45, 7) is 6.82. The predicted octanol–water partition coefficient (Wildman–Crippen LogP) is 2.68. The minimum atomic E-state index is -3.53.